The molecule has 0 spiro atoms. The lowest BCUT2D eigenvalue weighted by atomic mass is 10.0. The summed E-state index contributed by atoms with van der Waals surface area (Å²) in [5.74, 6) is -0.759. The second kappa shape index (κ2) is 15.9. The Kier molecular flexibility index (Phi) is 12.0. The summed E-state index contributed by atoms with van der Waals surface area (Å²) >= 11 is 3.47. The van der Waals surface area contributed by atoms with Gasteiger partial charge >= 0.3 is 0 Å². The molecule has 4 aromatic carbocycles. The van der Waals surface area contributed by atoms with E-state index < -0.39 is 28.5 Å². The fraction of sp³-hybridized carbons (Fsp3) is 0.278. The van der Waals surface area contributed by atoms with Gasteiger partial charge in [-0.1, -0.05) is 96.0 Å². The van der Waals surface area contributed by atoms with Crippen LogP contribution in [-0.2, 0) is 32.6 Å². The number of nitrogens with one attached hydrogen (secondary N) is 1. The number of anilines is 1. The molecule has 1 atom stereocenters. The van der Waals surface area contributed by atoms with Crippen molar-refractivity contribution in [1.29, 1.82) is 0 Å². The van der Waals surface area contributed by atoms with Crippen LogP contribution >= 0.6 is 15.9 Å². The number of rotatable bonds is 14. The fourth-order valence-electron chi connectivity index (χ4n) is 5.19. The number of unbranched alkanes of at least 4 members (excludes halogenated alkanes) is 1. The van der Waals surface area contributed by atoms with Gasteiger partial charge in [-0.05, 0) is 78.9 Å². The third-order valence-electron chi connectivity index (χ3n) is 7.47. The van der Waals surface area contributed by atoms with Crippen LogP contribution in [0, 0.1) is 13.8 Å². The molecule has 0 saturated carbocycles. The highest BCUT2D eigenvalue weighted by molar-refractivity contribution is 9.10. The zero-order valence-electron chi connectivity index (χ0n) is 25.9. The maximum Gasteiger partial charge on any atom is 0.264 e. The van der Waals surface area contributed by atoms with E-state index in [1.165, 1.54) is 17.0 Å². The standard InChI is InChI=1S/C36H40BrN3O4S/c1-4-5-20-38-36(42)34(24-29-12-8-6-9-13-29)39(25-30-16-18-31(37)19-17-30)35(41)26-40(32-22-27(2)21-28(3)23-32)45(43,44)33-14-10-7-11-15-33/h6-19,21-23,34H,4-5,20,24-26H2,1-3H3,(H,38,42)/t34-/m1/s1. The molecule has 0 heterocycles. The van der Waals surface area contributed by atoms with Crippen molar-refractivity contribution in [3.63, 3.8) is 0 Å². The molecular weight excluding hydrogens is 650 g/mol. The van der Waals surface area contributed by atoms with E-state index >= 15 is 0 Å². The summed E-state index contributed by atoms with van der Waals surface area (Å²) in [6.07, 6.45) is 1.99. The topological polar surface area (TPSA) is 86.8 Å². The zero-order chi connectivity index (χ0) is 32.4. The van der Waals surface area contributed by atoms with Crippen LogP contribution in [0.5, 0.6) is 0 Å². The Morgan fingerprint density at radius 1 is 0.822 bits per heavy atom. The summed E-state index contributed by atoms with van der Waals surface area (Å²) in [5, 5.41) is 3.02. The van der Waals surface area contributed by atoms with Crippen LogP contribution in [0.4, 0.5) is 5.69 Å². The molecule has 4 rings (SSSR count). The molecular formula is C36H40BrN3O4S. The van der Waals surface area contributed by atoms with Crippen LogP contribution in [-0.4, -0.2) is 44.3 Å². The highest BCUT2D eigenvalue weighted by Gasteiger charge is 2.34. The molecule has 7 nitrogen and oxygen atoms in total. The fourth-order valence-corrected chi connectivity index (χ4v) is 6.87. The number of sulfonamides is 1. The molecule has 0 fully saturated rings. The van der Waals surface area contributed by atoms with Crippen LogP contribution in [0.25, 0.3) is 0 Å². The molecule has 0 aliphatic rings. The largest absolute Gasteiger partial charge is 0.354 e. The van der Waals surface area contributed by atoms with Gasteiger partial charge in [0, 0.05) is 24.0 Å². The van der Waals surface area contributed by atoms with Gasteiger partial charge in [0.15, 0.2) is 0 Å². The van der Waals surface area contributed by atoms with Gasteiger partial charge in [0.1, 0.15) is 12.6 Å². The van der Waals surface area contributed by atoms with Gasteiger partial charge in [0.05, 0.1) is 10.6 Å². The van der Waals surface area contributed by atoms with Crippen LogP contribution < -0.4 is 9.62 Å². The predicted molar refractivity (Wildman–Crippen MR) is 183 cm³/mol. The number of carbonyl (C=O) groups is 2. The molecule has 0 aromatic heterocycles. The molecule has 236 valence electrons. The van der Waals surface area contributed by atoms with Crippen molar-refractivity contribution in [2.24, 2.45) is 0 Å². The molecule has 0 aliphatic heterocycles. The Bertz CT molecular complexity index is 1660. The number of nitrogens with zero attached hydrogens (tertiary/aromatic N) is 2. The van der Waals surface area contributed by atoms with Crippen LogP contribution in [0.1, 0.15) is 42.0 Å². The lowest BCUT2D eigenvalue weighted by Gasteiger charge is -2.34. The molecule has 0 unspecified atom stereocenters. The van der Waals surface area contributed by atoms with Gasteiger partial charge in [-0.3, -0.25) is 13.9 Å². The number of hydrogen-bond donors (Lipinski definition) is 1. The number of benzene rings is 4. The highest BCUT2D eigenvalue weighted by atomic mass is 79.9. The van der Waals surface area contributed by atoms with E-state index in [4.69, 9.17) is 0 Å². The number of halogens is 1. The molecule has 45 heavy (non-hydrogen) atoms. The summed E-state index contributed by atoms with van der Waals surface area (Å²) in [6.45, 7) is 5.95. The zero-order valence-corrected chi connectivity index (χ0v) is 28.4. The van der Waals surface area contributed by atoms with E-state index in [0.29, 0.717) is 12.2 Å². The van der Waals surface area contributed by atoms with Crippen molar-refractivity contribution in [2.75, 3.05) is 17.4 Å². The van der Waals surface area contributed by atoms with Gasteiger partial charge in [-0.15, -0.1) is 0 Å². The molecule has 1 N–H and O–H groups in total. The van der Waals surface area contributed by atoms with Gasteiger partial charge in [0.2, 0.25) is 11.8 Å². The van der Waals surface area contributed by atoms with E-state index in [1.807, 2.05) is 81.4 Å². The van der Waals surface area contributed by atoms with Gasteiger partial charge in [0.25, 0.3) is 10.0 Å². The van der Waals surface area contributed by atoms with E-state index in [0.717, 1.165) is 43.9 Å². The first-order valence-electron chi connectivity index (χ1n) is 15.1. The predicted octanol–water partition coefficient (Wildman–Crippen LogP) is 6.82. The Morgan fingerprint density at radius 3 is 2.02 bits per heavy atom. The van der Waals surface area contributed by atoms with Crippen LogP contribution in [0.15, 0.2) is 112 Å². The van der Waals surface area contributed by atoms with Gasteiger partial charge in [-0.2, -0.15) is 0 Å². The molecule has 0 bridgehead atoms. The average Bonchev–Trinajstić information content (AvgIpc) is 3.02. The third-order valence-corrected chi connectivity index (χ3v) is 9.79. The number of hydrogen-bond acceptors (Lipinski definition) is 4. The smallest absolute Gasteiger partial charge is 0.264 e. The number of amides is 2. The minimum atomic E-state index is -4.14. The normalized spacial score (nSPS) is 11.9. The maximum atomic E-state index is 14.5. The van der Waals surface area contributed by atoms with Crippen molar-refractivity contribution in [1.82, 2.24) is 10.2 Å². The summed E-state index contributed by atoms with van der Waals surface area (Å²) in [4.78, 5) is 30.0. The first-order chi connectivity index (χ1) is 21.6. The van der Waals surface area contributed by atoms with E-state index in [2.05, 4.69) is 21.2 Å². The minimum absolute atomic E-state index is 0.0783. The Labute approximate surface area is 275 Å². The van der Waals surface area contributed by atoms with Crippen LogP contribution in [0.2, 0.25) is 0 Å². The average molecular weight is 691 g/mol. The van der Waals surface area contributed by atoms with Crippen molar-refractivity contribution in [3.8, 4) is 0 Å². The lowest BCUT2D eigenvalue weighted by molar-refractivity contribution is -0.140. The maximum absolute atomic E-state index is 14.5. The van der Waals surface area contributed by atoms with Crippen LogP contribution in [0.3, 0.4) is 0 Å². The number of aryl methyl sites for hydroxylation is 2. The Balaban J connectivity index is 1.80. The molecule has 0 radical (unpaired) electrons. The molecule has 0 aliphatic carbocycles. The monoisotopic (exact) mass is 689 g/mol. The molecule has 4 aromatic rings. The van der Waals surface area contributed by atoms with Gasteiger partial charge in [-0.25, -0.2) is 8.42 Å². The molecule has 9 heteroatoms. The van der Waals surface area contributed by atoms with E-state index in [1.54, 1.807) is 30.3 Å². The summed E-state index contributed by atoms with van der Waals surface area (Å²) in [7, 11) is -4.14. The quantitative estimate of drug-likeness (QED) is 0.147. The van der Waals surface area contributed by atoms with Gasteiger partial charge < -0.3 is 10.2 Å². The van der Waals surface area contributed by atoms with Crippen molar-refractivity contribution in [2.45, 2.75) is 57.5 Å². The summed E-state index contributed by atoms with van der Waals surface area (Å²) in [6, 6.07) is 29.8. The Morgan fingerprint density at radius 2 is 1.42 bits per heavy atom. The summed E-state index contributed by atoms with van der Waals surface area (Å²) < 4.78 is 30.3. The van der Waals surface area contributed by atoms with E-state index in [-0.39, 0.29) is 23.8 Å². The molecule has 2 amide bonds. The lowest BCUT2D eigenvalue weighted by Crippen LogP contribution is -2.53. The van der Waals surface area contributed by atoms with E-state index in [9.17, 15) is 18.0 Å². The minimum Gasteiger partial charge on any atom is -0.354 e. The number of carbonyl (C=O) groups excluding carboxylic acids is 2. The third kappa shape index (κ3) is 9.28. The van der Waals surface area contributed by atoms with Crippen molar-refractivity contribution < 1.29 is 18.0 Å². The first-order valence-corrected chi connectivity index (χ1v) is 17.3. The highest BCUT2D eigenvalue weighted by Crippen LogP contribution is 2.27. The van der Waals surface area contributed by atoms with Crippen molar-refractivity contribution >= 4 is 43.5 Å². The first kappa shape index (κ1) is 33.9. The second-order valence-corrected chi connectivity index (χ2v) is 13.9. The second-order valence-electron chi connectivity index (χ2n) is 11.2. The Hall–Kier alpha value is -3.95. The molecule has 0 saturated heterocycles. The van der Waals surface area contributed by atoms with Crippen molar-refractivity contribution in [3.05, 3.63) is 130 Å². The summed E-state index contributed by atoms with van der Waals surface area (Å²) in [5.41, 5.74) is 3.84. The SMILES string of the molecule is CCCCNC(=O)[C@@H](Cc1ccccc1)N(Cc1ccc(Br)cc1)C(=O)CN(c1cc(C)cc(C)c1)S(=O)(=O)c1ccccc1.